The summed E-state index contributed by atoms with van der Waals surface area (Å²) < 4.78 is 32.6. The van der Waals surface area contributed by atoms with Gasteiger partial charge in [0.25, 0.3) is 0 Å². The second-order valence-corrected chi connectivity index (χ2v) is 15.3. The van der Waals surface area contributed by atoms with Gasteiger partial charge in [0.1, 0.15) is 25.2 Å². The molecule has 11 nitrogen and oxygen atoms in total. The van der Waals surface area contributed by atoms with Crippen LogP contribution in [0, 0.1) is 0 Å². The number of unbranched alkanes of at least 4 members (excludes halogenated alkanes) is 24. The Hall–Kier alpha value is -0.520. The van der Waals surface area contributed by atoms with Gasteiger partial charge in [-0.1, -0.05) is 168 Å². The summed E-state index contributed by atoms with van der Waals surface area (Å²) >= 11 is 0. The van der Waals surface area contributed by atoms with Crippen molar-refractivity contribution in [2.75, 3.05) is 19.8 Å². The molecule has 3 atom stereocenters. The van der Waals surface area contributed by atoms with Gasteiger partial charge in [-0.2, -0.15) is 0 Å². The fourth-order valence-electron chi connectivity index (χ4n) is 5.66. The predicted molar refractivity (Wildman–Crippen MR) is 201 cm³/mol. The number of carboxylic acids is 1. The SMILES string of the molecule is CCCCCCCCCCCCCCCC(=O)OC[C@H](COP(=O)(O)OC[C@H]([NH3+])C(=O)[O-])OC(=O)CCCCCCCCCCCCCCC.[Na]. The van der Waals surface area contributed by atoms with Gasteiger partial charge in [0.05, 0.1) is 6.61 Å². The average molecular weight is 759 g/mol. The first-order valence-corrected chi connectivity index (χ1v) is 21.6. The average Bonchev–Trinajstić information content (AvgIpc) is 3.09. The number of quaternary nitrogens is 1. The number of hydrogen-bond donors (Lipinski definition) is 2. The second kappa shape index (κ2) is 37.8. The van der Waals surface area contributed by atoms with E-state index in [9.17, 15) is 28.9 Å². The molecule has 0 aromatic rings. The van der Waals surface area contributed by atoms with Crippen molar-refractivity contribution in [2.24, 2.45) is 0 Å². The van der Waals surface area contributed by atoms with E-state index in [0.29, 0.717) is 12.8 Å². The molecular formula is C38H74NNaO10P. The number of carbonyl (C=O) groups excluding carboxylic acids is 3. The minimum Gasteiger partial charge on any atom is -0.544 e. The maximum Gasteiger partial charge on any atom is 0.472 e. The molecule has 0 aliphatic heterocycles. The van der Waals surface area contributed by atoms with Crippen molar-refractivity contribution in [1.82, 2.24) is 0 Å². The molecule has 51 heavy (non-hydrogen) atoms. The van der Waals surface area contributed by atoms with Crippen LogP contribution in [0.15, 0.2) is 0 Å². The zero-order valence-corrected chi connectivity index (χ0v) is 35.7. The van der Waals surface area contributed by atoms with E-state index >= 15 is 0 Å². The van der Waals surface area contributed by atoms with Crippen LogP contribution in [0.2, 0.25) is 0 Å². The Labute approximate surface area is 332 Å². The quantitative estimate of drug-likeness (QED) is 0.0277. The van der Waals surface area contributed by atoms with Crippen LogP contribution in [0.1, 0.15) is 194 Å². The molecule has 0 bridgehead atoms. The van der Waals surface area contributed by atoms with E-state index in [4.69, 9.17) is 14.0 Å². The Balaban J connectivity index is 0. The summed E-state index contributed by atoms with van der Waals surface area (Å²) in [6.07, 6.45) is 30.2. The van der Waals surface area contributed by atoms with E-state index in [0.717, 1.165) is 38.5 Å². The van der Waals surface area contributed by atoms with Crippen LogP contribution in [0.25, 0.3) is 0 Å². The summed E-state index contributed by atoms with van der Waals surface area (Å²) in [7, 11) is -4.69. The molecule has 13 heteroatoms. The van der Waals surface area contributed by atoms with Gasteiger partial charge in [-0.25, -0.2) is 4.57 Å². The van der Waals surface area contributed by atoms with E-state index in [1.165, 1.54) is 116 Å². The molecule has 0 heterocycles. The number of phosphoric ester groups is 1. The first-order valence-electron chi connectivity index (χ1n) is 20.1. The molecule has 0 saturated carbocycles. The van der Waals surface area contributed by atoms with Crippen molar-refractivity contribution < 1.29 is 53.2 Å². The maximum absolute atomic E-state index is 12.6. The Morgan fingerprint density at radius 1 is 0.569 bits per heavy atom. The number of ether oxygens (including phenoxy) is 2. The molecule has 0 amide bonds. The van der Waals surface area contributed by atoms with Crippen LogP contribution in [-0.4, -0.2) is 84.3 Å². The van der Waals surface area contributed by atoms with Crippen LogP contribution < -0.4 is 10.8 Å². The number of phosphoric acid groups is 1. The summed E-state index contributed by atoms with van der Waals surface area (Å²) in [5, 5.41) is 10.8. The molecule has 0 spiro atoms. The van der Waals surface area contributed by atoms with Gasteiger partial charge in [-0.15, -0.1) is 0 Å². The number of carbonyl (C=O) groups is 3. The summed E-state index contributed by atoms with van der Waals surface area (Å²) in [6, 6.07) is -1.38. The topological polar surface area (TPSA) is 176 Å². The van der Waals surface area contributed by atoms with Gasteiger partial charge < -0.3 is 30.0 Å². The molecule has 297 valence electrons. The molecule has 0 saturated heterocycles. The minimum atomic E-state index is -4.69. The molecule has 0 aliphatic carbocycles. The zero-order chi connectivity index (χ0) is 37.1. The first-order chi connectivity index (χ1) is 24.1. The number of aliphatic carboxylic acids is 1. The molecular weight excluding hydrogens is 684 g/mol. The van der Waals surface area contributed by atoms with Crippen molar-refractivity contribution in [1.29, 1.82) is 0 Å². The van der Waals surface area contributed by atoms with E-state index in [2.05, 4.69) is 24.1 Å². The van der Waals surface area contributed by atoms with Crippen molar-refractivity contribution >= 4 is 55.3 Å². The number of esters is 2. The van der Waals surface area contributed by atoms with Gasteiger partial charge in [-0.3, -0.25) is 18.6 Å². The molecule has 1 unspecified atom stereocenters. The third-order valence-electron chi connectivity index (χ3n) is 8.89. The number of hydrogen-bond acceptors (Lipinski definition) is 9. The van der Waals surface area contributed by atoms with Crippen LogP contribution in [-0.2, 0) is 37.5 Å². The standard InChI is InChI=1S/C38H74NO10P.Na/c1-3-5-7-9-11-13-15-17-19-21-23-25-27-29-36(40)46-31-34(32-47-50(44,45)48-33-35(39)38(42)43)49-37(41)30-28-26-24-22-20-18-16-14-12-10-8-6-4-2;/h34-35H,3-33,39H2,1-2H3,(H,42,43)(H,44,45);/t34-,35+;/m1./s1. The summed E-state index contributed by atoms with van der Waals surface area (Å²) in [6.45, 7) is 2.86. The molecule has 0 aromatic heterocycles. The Bertz CT molecular complexity index is 882. The van der Waals surface area contributed by atoms with Gasteiger partial charge in [0.2, 0.25) is 0 Å². The fraction of sp³-hybridized carbons (Fsp3) is 0.921. The van der Waals surface area contributed by atoms with E-state index in [-0.39, 0.29) is 49.0 Å². The normalized spacial score (nSPS) is 13.6. The Kier molecular flexibility index (Phi) is 39.0. The minimum absolute atomic E-state index is 0. The smallest absolute Gasteiger partial charge is 0.472 e. The molecule has 0 aromatic carbocycles. The first kappa shape index (κ1) is 52.6. The monoisotopic (exact) mass is 758 g/mol. The summed E-state index contributed by atoms with van der Waals surface area (Å²) in [5.41, 5.74) is 3.26. The predicted octanol–water partition coefficient (Wildman–Crippen LogP) is 7.52. The Morgan fingerprint density at radius 3 is 1.27 bits per heavy atom. The van der Waals surface area contributed by atoms with Crippen LogP contribution in [0.4, 0.5) is 0 Å². The van der Waals surface area contributed by atoms with Gasteiger partial charge >= 0.3 is 19.8 Å². The Morgan fingerprint density at radius 2 is 0.902 bits per heavy atom. The third kappa shape index (κ3) is 37.6. The molecule has 0 fully saturated rings. The number of rotatable bonds is 38. The van der Waals surface area contributed by atoms with E-state index < -0.39 is 51.1 Å². The van der Waals surface area contributed by atoms with Gasteiger partial charge in [0.15, 0.2) is 6.10 Å². The zero-order valence-electron chi connectivity index (χ0n) is 32.9. The van der Waals surface area contributed by atoms with Crippen LogP contribution in [0.3, 0.4) is 0 Å². The van der Waals surface area contributed by atoms with Crippen molar-refractivity contribution in [2.45, 2.75) is 206 Å². The fourth-order valence-corrected chi connectivity index (χ4v) is 6.46. The van der Waals surface area contributed by atoms with E-state index in [1.54, 1.807) is 0 Å². The third-order valence-corrected chi connectivity index (χ3v) is 9.84. The molecule has 1 radical (unpaired) electrons. The molecule has 4 N–H and O–H groups in total. The van der Waals surface area contributed by atoms with Crippen LogP contribution in [0.5, 0.6) is 0 Å². The number of carboxylic acid groups (broad SMARTS) is 1. The summed E-state index contributed by atoms with van der Waals surface area (Å²) in [4.78, 5) is 45.7. The van der Waals surface area contributed by atoms with Gasteiger partial charge in [0, 0.05) is 42.4 Å². The van der Waals surface area contributed by atoms with Crippen molar-refractivity contribution in [3.05, 3.63) is 0 Å². The van der Waals surface area contributed by atoms with Crippen LogP contribution >= 0.6 is 7.82 Å². The molecule has 0 aliphatic rings. The molecule has 0 rings (SSSR count). The largest absolute Gasteiger partial charge is 0.544 e. The van der Waals surface area contributed by atoms with E-state index in [1.807, 2.05) is 0 Å². The second-order valence-electron chi connectivity index (χ2n) is 13.9. The van der Waals surface area contributed by atoms with Crippen molar-refractivity contribution in [3.8, 4) is 0 Å². The van der Waals surface area contributed by atoms with Gasteiger partial charge in [-0.05, 0) is 12.8 Å². The maximum atomic E-state index is 12.6. The van der Waals surface area contributed by atoms with Crippen molar-refractivity contribution in [3.63, 3.8) is 0 Å². The summed E-state index contributed by atoms with van der Waals surface area (Å²) in [5.74, 6) is -2.50.